The molecule has 2 aliphatic rings. The van der Waals surface area contributed by atoms with Gasteiger partial charge in [-0.25, -0.2) is 0 Å². The normalized spacial score (nSPS) is 32.9. The summed E-state index contributed by atoms with van der Waals surface area (Å²) in [6, 6.07) is 1.60. The summed E-state index contributed by atoms with van der Waals surface area (Å²) in [5.74, 6) is 0.930. The second-order valence-electron chi connectivity index (χ2n) is 9.37. The summed E-state index contributed by atoms with van der Waals surface area (Å²) < 4.78 is 0. The van der Waals surface area contributed by atoms with Crippen molar-refractivity contribution in [3.05, 3.63) is 0 Å². The van der Waals surface area contributed by atoms with Gasteiger partial charge >= 0.3 is 0 Å². The van der Waals surface area contributed by atoms with Crippen molar-refractivity contribution in [2.75, 3.05) is 0 Å². The van der Waals surface area contributed by atoms with Crippen LogP contribution >= 0.6 is 0 Å². The van der Waals surface area contributed by atoms with Crippen LogP contribution in [0.5, 0.6) is 0 Å². The SMILES string of the molecule is CC1(C)CCC(NC2CCCC(C(C)(C)C)CC2)CC1. The van der Waals surface area contributed by atoms with Crippen molar-refractivity contribution < 1.29 is 0 Å². The van der Waals surface area contributed by atoms with Crippen molar-refractivity contribution in [2.45, 2.75) is 104 Å². The van der Waals surface area contributed by atoms with E-state index in [0.717, 1.165) is 18.0 Å². The molecule has 2 rings (SSSR count). The summed E-state index contributed by atoms with van der Waals surface area (Å²) in [6.07, 6.45) is 12.7. The fourth-order valence-electron chi connectivity index (χ4n) is 4.23. The number of nitrogens with one attached hydrogen (secondary N) is 1. The van der Waals surface area contributed by atoms with Crippen LogP contribution in [0, 0.1) is 16.7 Å². The van der Waals surface area contributed by atoms with Gasteiger partial charge in [-0.3, -0.25) is 0 Å². The average molecular weight is 280 g/mol. The molecule has 20 heavy (non-hydrogen) atoms. The van der Waals surface area contributed by atoms with Crippen LogP contribution < -0.4 is 5.32 Å². The summed E-state index contributed by atoms with van der Waals surface area (Å²) in [5, 5.41) is 4.01. The van der Waals surface area contributed by atoms with Crippen molar-refractivity contribution in [3.63, 3.8) is 0 Å². The van der Waals surface area contributed by atoms with Gasteiger partial charge < -0.3 is 5.32 Å². The van der Waals surface area contributed by atoms with Crippen LogP contribution in [0.1, 0.15) is 92.4 Å². The van der Waals surface area contributed by atoms with Gasteiger partial charge in [0.05, 0.1) is 0 Å². The van der Waals surface area contributed by atoms with Crippen LogP contribution in [0.15, 0.2) is 0 Å². The van der Waals surface area contributed by atoms with Crippen molar-refractivity contribution in [3.8, 4) is 0 Å². The minimum absolute atomic E-state index is 0.504. The summed E-state index contributed by atoms with van der Waals surface area (Å²) in [7, 11) is 0. The Kier molecular flexibility index (Phi) is 5.21. The first-order valence-corrected chi connectivity index (χ1v) is 9.02. The zero-order valence-electron chi connectivity index (χ0n) is 14.6. The minimum Gasteiger partial charge on any atom is -0.311 e. The van der Waals surface area contributed by atoms with Gasteiger partial charge in [-0.1, -0.05) is 41.0 Å². The van der Waals surface area contributed by atoms with Crippen molar-refractivity contribution >= 4 is 0 Å². The molecule has 2 atom stereocenters. The van der Waals surface area contributed by atoms with E-state index in [1.54, 1.807) is 0 Å². The average Bonchev–Trinajstić information content (AvgIpc) is 2.57. The Balaban J connectivity index is 1.77. The molecule has 0 bridgehead atoms. The predicted octanol–water partition coefficient (Wildman–Crippen LogP) is 5.54. The molecule has 0 saturated heterocycles. The van der Waals surface area contributed by atoms with Gasteiger partial charge in [-0.2, -0.15) is 0 Å². The quantitative estimate of drug-likeness (QED) is 0.654. The maximum Gasteiger partial charge on any atom is 0.00700 e. The zero-order chi connectivity index (χ0) is 14.8. The highest BCUT2D eigenvalue weighted by Crippen LogP contribution is 2.38. The standard InChI is InChI=1S/C19H37N/c1-18(2,3)15-7-6-8-16(10-9-15)20-17-11-13-19(4,5)14-12-17/h15-17,20H,6-14H2,1-5H3. The highest BCUT2D eigenvalue weighted by atomic mass is 15.0. The lowest BCUT2D eigenvalue weighted by Gasteiger charge is -2.36. The molecule has 2 fully saturated rings. The predicted molar refractivity (Wildman–Crippen MR) is 89.0 cm³/mol. The Hall–Kier alpha value is -0.0400. The first-order chi connectivity index (χ1) is 9.26. The monoisotopic (exact) mass is 279 g/mol. The van der Waals surface area contributed by atoms with Gasteiger partial charge in [0.1, 0.15) is 0 Å². The molecule has 0 aliphatic heterocycles. The maximum absolute atomic E-state index is 4.01. The molecule has 2 aliphatic carbocycles. The minimum atomic E-state index is 0.504. The number of hydrogen-bond donors (Lipinski definition) is 1. The Labute approximate surface area is 127 Å². The van der Waals surface area contributed by atoms with Crippen LogP contribution in [-0.2, 0) is 0 Å². The first-order valence-electron chi connectivity index (χ1n) is 9.02. The Morgan fingerprint density at radius 2 is 1.40 bits per heavy atom. The van der Waals surface area contributed by atoms with Crippen molar-refractivity contribution in [1.29, 1.82) is 0 Å². The molecule has 0 spiro atoms. The molecule has 0 aromatic carbocycles. The van der Waals surface area contributed by atoms with Gasteiger partial charge in [0.2, 0.25) is 0 Å². The number of hydrogen-bond acceptors (Lipinski definition) is 1. The molecule has 1 N–H and O–H groups in total. The highest BCUT2D eigenvalue weighted by Gasteiger charge is 2.30. The Morgan fingerprint density at radius 1 is 0.800 bits per heavy atom. The van der Waals surface area contributed by atoms with Gasteiger partial charge in [-0.15, -0.1) is 0 Å². The van der Waals surface area contributed by atoms with Crippen molar-refractivity contribution in [1.82, 2.24) is 5.32 Å². The summed E-state index contributed by atoms with van der Waals surface area (Å²) in [5.41, 5.74) is 1.10. The molecular formula is C19H37N. The lowest BCUT2D eigenvalue weighted by Crippen LogP contribution is -2.41. The van der Waals surface area contributed by atoms with E-state index in [1.807, 2.05) is 0 Å². The van der Waals surface area contributed by atoms with Crippen LogP contribution in [0.2, 0.25) is 0 Å². The van der Waals surface area contributed by atoms with E-state index in [1.165, 1.54) is 57.8 Å². The summed E-state index contributed by atoms with van der Waals surface area (Å²) in [6.45, 7) is 12.1. The van der Waals surface area contributed by atoms with Gasteiger partial charge in [-0.05, 0) is 68.1 Å². The van der Waals surface area contributed by atoms with Crippen LogP contribution in [0.4, 0.5) is 0 Å². The lowest BCUT2D eigenvalue weighted by atomic mass is 9.75. The summed E-state index contributed by atoms with van der Waals surface area (Å²) in [4.78, 5) is 0. The molecule has 0 heterocycles. The molecule has 0 aromatic heterocycles. The van der Waals surface area contributed by atoms with Crippen molar-refractivity contribution in [2.24, 2.45) is 16.7 Å². The number of rotatable bonds is 2. The second-order valence-corrected chi connectivity index (χ2v) is 9.37. The Morgan fingerprint density at radius 3 is 2.00 bits per heavy atom. The zero-order valence-corrected chi connectivity index (χ0v) is 14.6. The maximum atomic E-state index is 4.01. The van der Waals surface area contributed by atoms with E-state index in [0.29, 0.717) is 10.8 Å². The second kappa shape index (κ2) is 6.38. The van der Waals surface area contributed by atoms with E-state index in [2.05, 4.69) is 39.9 Å². The van der Waals surface area contributed by atoms with E-state index < -0.39 is 0 Å². The lowest BCUT2D eigenvalue weighted by molar-refractivity contribution is 0.191. The third-order valence-corrected chi connectivity index (χ3v) is 6.00. The molecule has 0 aromatic rings. The van der Waals surface area contributed by atoms with E-state index >= 15 is 0 Å². The highest BCUT2D eigenvalue weighted by molar-refractivity contribution is 4.86. The fraction of sp³-hybridized carbons (Fsp3) is 1.00. The molecule has 0 amide bonds. The first kappa shape index (κ1) is 16.3. The molecule has 1 nitrogen and oxygen atoms in total. The smallest absolute Gasteiger partial charge is 0.00700 e. The van der Waals surface area contributed by atoms with Gasteiger partial charge in [0.25, 0.3) is 0 Å². The van der Waals surface area contributed by atoms with Crippen LogP contribution in [0.25, 0.3) is 0 Å². The molecule has 1 heteroatoms. The Bertz CT molecular complexity index is 289. The van der Waals surface area contributed by atoms with Crippen LogP contribution in [-0.4, -0.2) is 12.1 Å². The molecule has 2 saturated carbocycles. The molecule has 0 radical (unpaired) electrons. The van der Waals surface area contributed by atoms with E-state index in [9.17, 15) is 0 Å². The topological polar surface area (TPSA) is 12.0 Å². The third kappa shape index (κ3) is 4.76. The van der Waals surface area contributed by atoms with Gasteiger partial charge in [0, 0.05) is 12.1 Å². The third-order valence-electron chi connectivity index (χ3n) is 6.00. The molecular weight excluding hydrogens is 242 g/mol. The van der Waals surface area contributed by atoms with E-state index in [-0.39, 0.29) is 0 Å². The summed E-state index contributed by atoms with van der Waals surface area (Å²) >= 11 is 0. The molecule has 118 valence electrons. The van der Waals surface area contributed by atoms with E-state index in [4.69, 9.17) is 0 Å². The molecule has 2 unspecified atom stereocenters. The fourth-order valence-corrected chi connectivity index (χ4v) is 4.23. The largest absolute Gasteiger partial charge is 0.311 e. The van der Waals surface area contributed by atoms with Gasteiger partial charge in [0.15, 0.2) is 0 Å². The van der Waals surface area contributed by atoms with Crippen LogP contribution in [0.3, 0.4) is 0 Å².